The maximum atomic E-state index is 12.3. The van der Waals surface area contributed by atoms with Crippen LogP contribution in [0.4, 0.5) is 17.3 Å². The Bertz CT molecular complexity index is 960. The summed E-state index contributed by atoms with van der Waals surface area (Å²) in [6, 6.07) is 7.56. The van der Waals surface area contributed by atoms with Crippen LogP contribution in [0.25, 0.3) is 0 Å². The van der Waals surface area contributed by atoms with Crippen molar-refractivity contribution in [2.24, 2.45) is 0 Å². The van der Waals surface area contributed by atoms with Crippen molar-refractivity contribution in [2.75, 3.05) is 42.2 Å². The second kappa shape index (κ2) is 9.51. The van der Waals surface area contributed by atoms with Gasteiger partial charge in [-0.15, -0.1) is 0 Å². The van der Waals surface area contributed by atoms with E-state index in [0.717, 1.165) is 49.9 Å². The molecule has 3 heterocycles. The van der Waals surface area contributed by atoms with E-state index in [-0.39, 0.29) is 24.3 Å². The molecular formula is C23H32N6O2. The van der Waals surface area contributed by atoms with Crippen molar-refractivity contribution < 1.29 is 10.9 Å². The Morgan fingerprint density at radius 3 is 2.71 bits per heavy atom. The average Bonchev–Trinajstić information content (AvgIpc) is 3.31. The van der Waals surface area contributed by atoms with Gasteiger partial charge >= 0.3 is 6.01 Å². The van der Waals surface area contributed by atoms with Gasteiger partial charge in [0, 0.05) is 12.6 Å². The molecule has 0 bridgehead atoms. The summed E-state index contributed by atoms with van der Waals surface area (Å²) in [7, 11) is 0. The second-order valence-electron chi connectivity index (χ2n) is 8.17. The van der Waals surface area contributed by atoms with E-state index in [1.807, 2.05) is 36.1 Å². The molecule has 1 aromatic heterocycles. The maximum absolute atomic E-state index is 12.3. The van der Waals surface area contributed by atoms with Crippen LogP contribution in [-0.4, -0.2) is 47.0 Å². The molecule has 0 saturated carbocycles. The molecule has 1 unspecified atom stereocenters. The Kier molecular flexibility index (Phi) is 6.15. The van der Waals surface area contributed by atoms with Gasteiger partial charge in [-0.05, 0) is 50.4 Å². The van der Waals surface area contributed by atoms with Crippen LogP contribution < -0.4 is 20.7 Å². The Hall–Kier alpha value is -2.87. The van der Waals surface area contributed by atoms with Gasteiger partial charge in [-0.1, -0.05) is 37.6 Å². The summed E-state index contributed by atoms with van der Waals surface area (Å²) in [6.45, 7) is 7.15. The van der Waals surface area contributed by atoms with Crippen LogP contribution in [0.2, 0.25) is 0 Å². The van der Waals surface area contributed by atoms with E-state index in [0.29, 0.717) is 24.7 Å². The third-order valence-electron chi connectivity index (χ3n) is 5.85. The number of rotatable bonds is 8. The molecule has 1 saturated heterocycles. The number of nitrogens with two attached hydrogens (primary N) is 1. The summed E-state index contributed by atoms with van der Waals surface area (Å²) >= 11 is 0. The first-order valence-corrected chi connectivity index (χ1v) is 11.1. The topological polar surface area (TPSA) is 96.6 Å². The largest absolute Gasteiger partial charge is 0.463 e. The molecular weight excluding hydrogens is 392 g/mol. The molecule has 31 heavy (non-hydrogen) atoms. The van der Waals surface area contributed by atoms with Crippen LogP contribution in [0.3, 0.4) is 0 Å². The number of likely N-dealkylation sites (tertiary alicyclic amines) is 1. The Balaban J connectivity index is 1.54. The summed E-state index contributed by atoms with van der Waals surface area (Å²) in [5.74, 6) is 0.609. The highest BCUT2D eigenvalue weighted by atomic mass is 16.5. The van der Waals surface area contributed by atoms with Crippen LogP contribution in [0.1, 0.15) is 58.0 Å². The predicted molar refractivity (Wildman–Crippen MR) is 122 cm³/mol. The number of nitrogens with one attached hydrogen (secondary N) is 1. The first-order chi connectivity index (χ1) is 15.4. The number of anilines is 3. The number of unbranched alkanes of at least 4 members (excludes halogenated alkanes) is 1. The molecule has 2 aliphatic rings. The number of fused-ring (bicyclic) bond motifs is 1. The highest BCUT2D eigenvalue weighted by molar-refractivity contribution is 6.03. The number of benzene rings is 1. The van der Waals surface area contributed by atoms with Crippen LogP contribution in [0.5, 0.6) is 6.01 Å². The Labute approximate surface area is 185 Å². The van der Waals surface area contributed by atoms with Gasteiger partial charge in [-0.2, -0.15) is 9.97 Å². The zero-order chi connectivity index (χ0) is 22.7. The van der Waals surface area contributed by atoms with Crippen LogP contribution in [0, 0.1) is 0 Å². The van der Waals surface area contributed by atoms with Gasteiger partial charge in [-0.25, -0.2) is 0 Å². The average molecular weight is 426 g/mol. The molecule has 0 radical (unpaired) electrons. The lowest BCUT2D eigenvalue weighted by Gasteiger charge is -2.30. The Morgan fingerprint density at radius 2 is 2.00 bits per heavy atom. The minimum atomic E-state index is -0.737. The van der Waals surface area contributed by atoms with Crippen molar-refractivity contribution in [3.8, 4) is 6.01 Å². The van der Waals surface area contributed by atoms with Crippen LogP contribution in [-0.2, 0) is 11.3 Å². The number of ether oxygens (including phenoxy) is 1. The van der Waals surface area contributed by atoms with Crippen molar-refractivity contribution in [3.63, 3.8) is 0 Å². The first kappa shape index (κ1) is 20.1. The van der Waals surface area contributed by atoms with Gasteiger partial charge in [0.2, 0.25) is 5.91 Å². The molecule has 166 valence electrons. The Morgan fingerprint density at radius 1 is 1.26 bits per heavy atom. The number of amides is 1. The van der Waals surface area contributed by atoms with Gasteiger partial charge in [0.05, 0.1) is 14.5 Å². The molecule has 1 aromatic carbocycles. The third-order valence-corrected chi connectivity index (χ3v) is 5.85. The number of nitrogen functional groups attached to an aromatic ring is 1. The minimum Gasteiger partial charge on any atom is -0.463 e. The molecule has 1 atom stereocenters. The van der Waals surface area contributed by atoms with E-state index in [9.17, 15) is 4.79 Å². The fourth-order valence-corrected chi connectivity index (χ4v) is 4.03. The van der Waals surface area contributed by atoms with Crippen molar-refractivity contribution in [3.05, 3.63) is 35.4 Å². The molecule has 1 amide bonds. The standard InChI is InChI=1S/C23H32N6O2/c1-3-4-13-31-23-26-21(24)20-22(27-23)29(15-19(30)25-20)14-17-7-9-18(10-8-17)16(2)28-11-5-6-12-28/h7-10,16H,3-6,11-15H2,1-2H3,(H,25,30)(H2,24,26,27)/i16D. The molecule has 0 aliphatic carbocycles. The molecule has 2 aliphatic heterocycles. The molecule has 3 N–H and O–H groups in total. The lowest BCUT2D eigenvalue weighted by atomic mass is 10.0. The van der Waals surface area contributed by atoms with Gasteiger partial charge < -0.3 is 20.7 Å². The first-order valence-electron chi connectivity index (χ1n) is 11.6. The van der Waals surface area contributed by atoms with E-state index >= 15 is 0 Å². The zero-order valence-electron chi connectivity index (χ0n) is 19.4. The number of carbonyl (C=O) groups is 1. The van der Waals surface area contributed by atoms with Gasteiger partial charge in [-0.3, -0.25) is 9.69 Å². The molecule has 8 heteroatoms. The molecule has 4 rings (SSSR count). The summed E-state index contributed by atoms with van der Waals surface area (Å²) in [5.41, 5.74) is 8.51. The summed E-state index contributed by atoms with van der Waals surface area (Å²) in [4.78, 5) is 25.1. The van der Waals surface area contributed by atoms with Crippen molar-refractivity contribution in [2.45, 2.75) is 52.1 Å². The van der Waals surface area contributed by atoms with Crippen molar-refractivity contribution in [1.29, 1.82) is 0 Å². The smallest absolute Gasteiger partial charge is 0.320 e. The fourth-order valence-electron chi connectivity index (χ4n) is 4.03. The predicted octanol–water partition coefficient (Wildman–Crippen LogP) is 3.35. The number of carbonyl (C=O) groups excluding carboxylic acids is 1. The number of hydrogen-bond acceptors (Lipinski definition) is 7. The number of hydrogen-bond donors (Lipinski definition) is 2. The summed E-state index contributed by atoms with van der Waals surface area (Å²) < 4.78 is 14.5. The zero-order valence-corrected chi connectivity index (χ0v) is 18.4. The SMILES string of the molecule is [2H]C(C)(c1ccc(CN2CC(=O)Nc3c(N)nc(OCCCC)nc32)cc1)N1CCCC1. The van der Waals surface area contributed by atoms with E-state index in [1.54, 1.807) is 0 Å². The van der Waals surface area contributed by atoms with Crippen molar-refractivity contribution >= 4 is 23.2 Å². The van der Waals surface area contributed by atoms with Gasteiger partial charge in [0.25, 0.3) is 0 Å². The molecule has 8 nitrogen and oxygen atoms in total. The summed E-state index contributed by atoms with van der Waals surface area (Å²) in [5, 5.41) is 2.78. The number of aromatic nitrogens is 2. The van der Waals surface area contributed by atoms with E-state index in [2.05, 4.69) is 27.1 Å². The van der Waals surface area contributed by atoms with Gasteiger partial charge in [0.1, 0.15) is 5.69 Å². The molecule has 1 fully saturated rings. The second-order valence-corrected chi connectivity index (χ2v) is 8.17. The minimum absolute atomic E-state index is 0.156. The normalized spacial score (nSPS) is 18.8. The van der Waals surface area contributed by atoms with Gasteiger partial charge in [0.15, 0.2) is 11.6 Å². The van der Waals surface area contributed by atoms with E-state index in [1.165, 1.54) is 0 Å². The number of nitrogens with zero attached hydrogens (tertiary/aromatic N) is 4. The highest BCUT2D eigenvalue weighted by Gasteiger charge is 2.27. The fraction of sp³-hybridized carbons (Fsp3) is 0.522. The highest BCUT2D eigenvalue weighted by Crippen LogP contribution is 2.34. The van der Waals surface area contributed by atoms with E-state index in [4.69, 9.17) is 11.8 Å². The van der Waals surface area contributed by atoms with Crippen LogP contribution in [0.15, 0.2) is 24.3 Å². The van der Waals surface area contributed by atoms with Crippen molar-refractivity contribution in [1.82, 2.24) is 14.9 Å². The van der Waals surface area contributed by atoms with Crippen LogP contribution >= 0.6 is 0 Å². The monoisotopic (exact) mass is 425 g/mol. The molecule has 2 aromatic rings. The molecule has 0 spiro atoms. The lowest BCUT2D eigenvalue weighted by Crippen LogP contribution is -2.39. The lowest BCUT2D eigenvalue weighted by molar-refractivity contribution is -0.115. The third kappa shape index (κ3) is 4.90. The quantitative estimate of drug-likeness (QED) is 0.626. The maximum Gasteiger partial charge on any atom is 0.320 e. The summed E-state index contributed by atoms with van der Waals surface area (Å²) in [6.07, 6.45) is 4.21. The van der Waals surface area contributed by atoms with E-state index < -0.39 is 6.02 Å².